The molecule has 1 aromatic heterocycles. The molecule has 0 spiro atoms. The van der Waals surface area contributed by atoms with Crippen molar-refractivity contribution in [2.75, 3.05) is 13.2 Å². The summed E-state index contributed by atoms with van der Waals surface area (Å²) in [6, 6.07) is 11.6. The van der Waals surface area contributed by atoms with Gasteiger partial charge in [0.25, 0.3) is 0 Å². The van der Waals surface area contributed by atoms with Gasteiger partial charge in [-0.3, -0.25) is 9.78 Å². The molecule has 0 saturated carbocycles. The van der Waals surface area contributed by atoms with Crippen molar-refractivity contribution in [3.8, 4) is 5.75 Å². The maximum Gasteiger partial charge on any atom is 0.230 e. The summed E-state index contributed by atoms with van der Waals surface area (Å²) in [6.45, 7) is 1.22. The van der Waals surface area contributed by atoms with E-state index in [0.29, 0.717) is 18.1 Å². The van der Waals surface area contributed by atoms with E-state index in [4.69, 9.17) is 16.3 Å². The fraction of sp³-hybridized carbons (Fsp3) is 0.368. The van der Waals surface area contributed by atoms with Gasteiger partial charge >= 0.3 is 0 Å². The van der Waals surface area contributed by atoms with Crippen molar-refractivity contribution >= 4 is 17.5 Å². The zero-order valence-electron chi connectivity index (χ0n) is 13.3. The molecule has 5 heteroatoms. The van der Waals surface area contributed by atoms with E-state index in [2.05, 4.69) is 4.98 Å². The first-order valence-corrected chi connectivity index (χ1v) is 8.73. The summed E-state index contributed by atoms with van der Waals surface area (Å²) in [7, 11) is 0. The molecule has 0 radical (unpaired) electrons. The van der Waals surface area contributed by atoms with E-state index in [0.717, 1.165) is 36.4 Å². The number of amides is 1. The summed E-state index contributed by atoms with van der Waals surface area (Å²) < 4.78 is 5.79. The molecule has 3 heterocycles. The second-order valence-corrected chi connectivity index (χ2v) is 6.84. The summed E-state index contributed by atoms with van der Waals surface area (Å²) in [5.41, 5.74) is 1.99. The summed E-state index contributed by atoms with van der Waals surface area (Å²) in [4.78, 5) is 19.5. The van der Waals surface area contributed by atoms with Gasteiger partial charge in [0.1, 0.15) is 12.4 Å². The predicted octanol–water partition coefficient (Wildman–Crippen LogP) is 3.65. The average Bonchev–Trinajstić information content (AvgIpc) is 3.11. The molecule has 24 heavy (non-hydrogen) atoms. The van der Waals surface area contributed by atoms with Gasteiger partial charge in [-0.2, -0.15) is 0 Å². The molecule has 1 saturated heterocycles. The molecule has 2 aliphatic heterocycles. The first kappa shape index (κ1) is 15.5. The lowest BCUT2D eigenvalue weighted by atomic mass is 9.95. The molecule has 4 rings (SSSR count). The molecule has 124 valence electrons. The highest BCUT2D eigenvalue weighted by atomic mass is 35.5. The van der Waals surface area contributed by atoms with Crippen molar-refractivity contribution in [1.82, 2.24) is 9.88 Å². The Hall–Kier alpha value is -2.07. The second kappa shape index (κ2) is 6.44. The van der Waals surface area contributed by atoms with Crippen LogP contribution in [0, 0.1) is 5.92 Å². The van der Waals surface area contributed by atoms with E-state index >= 15 is 0 Å². The van der Waals surface area contributed by atoms with Crippen LogP contribution in [0.4, 0.5) is 0 Å². The molecule has 0 unspecified atom stereocenters. The van der Waals surface area contributed by atoms with E-state index in [-0.39, 0.29) is 17.9 Å². The van der Waals surface area contributed by atoms with Crippen LogP contribution in [-0.2, 0) is 11.2 Å². The molecule has 4 nitrogen and oxygen atoms in total. The van der Waals surface area contributed by atoms with Crippen molar-refractivity contribution in [3.63, 3.8) is 0 Å². The van der Waals surface area contributed by atoms with Crippen LogP contribution in [0.1, 0.15) is 30.1 Å². The van der Waals surface area contributed by atoms with Crippen LogP contribution < -0.4 is 4.74 Å². The topological polar surface area (TPSA) is 42.4 Å². The van der Waals surface area contributed by atoms with Crippen molar-refractivity contribution in [2.45, 2.75) is 25.3 Å². The Balaban J connectivity index is 1.53. The van der Waals surface area contributed by atoms with Crippen LogP contribution >= 0.6 is 11.6 Å². The Kier molecular flexibility index (Phi) is 4.15. The number of fused-ring (bicyclic) bond motifs is 1. The molecular weight excluding hydrogens is 324 g/mol. The maximum absolute atomic E-state index is 13.1. The Bertz CT molecular complexity index is 750. The first-order chi connectivity index (χ1) is 11.7. The largest absolute Gasteiger partial charge is 0.492 e. The lowest BCUT2D eigenvalue weighted by Crippen LogP contribution is -2.40. The van der Waals surface area contributed by atoms with Gasteiger partial charge in [-0.15, -0.1) is 0 Å². The Labute approximate surface area is 146 Å². The van der Waals surface area contributed by atoms with E-state index in [9.17, 15) is 4.79 Å². The van der Waals surface area contributed by atoms with Crippen LogP contribution in [0.25, 0.3) is 0 Å². The predicted molar refractivity (Wildman–Crippen MR) is 92.1 cm³/mol. The third-order valence-electron chi connectivity index (χ3n) is 4.84. The van der Waals surface area contributed by atoms with Crippen molar-refractivity contribution in [2.24, 2.45) is 5.92 Å². The highest BCUT2D eigenvalue weighted by Gasteiger charge is 2.36. The molecule has 2 aliphatic rings. The van der Waals surface area contributed by atoms with Crippen LogP contribution in [0.2, 0.25) is 5.02 Å². The highest BCUT2D eigenvalue weighted by Crippen LogP contribution is 2.35. The lowest BCUT2D eigenvalue weighted by molar-refractivity contribution is -0.138. The standard InChI is InChI=1S/C19H19ClN2O2/c20-15-6-7-18-13(11-15)10-14(12-24-18)19(23)22-9-3-5-17(22)16-4-1-2-8-21-16/h1-2,4,6-8,11,14,17H,3,5,9-10,12H2/t14-,17+/m0/s1. The van der Waals surface area contributed by atoms with Crippen molar-refractivity contribution in [3.05, 3.63) is 58.9 Å². The van der Waals surface area contributed by atoms with E-state index < -0.39 is 0 Å². The van der Waals surface area contributed by atoms with Gasteiger partial charge < -0.3 is 9.64 Å². The van der Waals surface area contributed by atoms with Gasteiger partial charge in [0.05, 0.1) is 17.7 Å². The Morgan fingerprint density at radius 3 is 3.04 bits per heavy atom. The number of benzene rings is 1. The summed E-state index contributed by atoms with van der Waals surface area (Å²) in [5, 5.41) is 0.679. The maximum atomic E-state index is 13.1. The quantitative estimate of drug-likeness (QED) is 0.836. The van der Waals surface area contributed by atoms with Crippen LogP contribution in [0.15, 0.2) is 42.6 Å². The minimum atomic E-state index is -0.153. The second-order valence-electron chi connectivity index (χ2n) is 6.41. The normalized spacial score (nSPS) is 22.8. The number of likely N-dealkylation sites (tertiary alicyclic amines) is 1. The fourth-order valence-electron chi connectivity index (χ4n) is 3.67. The van der Waals surface area contributed by atoms with E-state index in [1.54, 1.807) is 6.20 Å². The van der Waals surface area contributed by atoms with E-state index in [1.807, 2.05) is 41.3 Å². The number of hydrogen-bond donors (Lipinski definition) is 0. The first-order valence-electron chi connectivity index (χ1n) is 8.35. The van der Waals surface area contributed by atoms with Gasteiger partial charge in [-0.1, -0.05) is 17.7 Å². The number of carbonyl (C=O) groups excluding carboxylic acids is 1. The number of aromatic nitrogens is 1. The number of hydrogen-bond acceptors (Lipinski definition) is 3. The zero-order valence-corrected chi connectivity index (χ0v) is 14.1. The number of ether oxygens (including phenoxy) is 1. The van der Waals surface area contributed by atoms with Gasteiger partial charge in [-0.05, 0) is 55.2 Å². The molecule has 2 atom stereocenters. The molecule has 1 amide bonds. The minimum absolute atomic E-state index is 0.0828. The number of rotatable bonds is 2. The number of halogens is 1. The minimum Gasteiger partial charge on any atom is -0.492 e. The number of pyridine rings is 1. The van der Waals surface area contributed by atoms with Crippen LogP contribution in [-0.4, -0.2) is 28.9 Å². The molecule has 1 aromatic carbocycles. The lowest BCUT2D eigenvalue weighted by Gasteiger charge is -2.31. The summed E-state index contributed by atoms with van der Waals surface area (Å²) in [5.74, 6) is 0.847. The average molecular weight is 343 g/mol. The van der Waals surface area contributed by atoms with Gasteiger partial charge in [-0.25, -0.2) is 0 Å². The fourth-order valence-corrected chi connectivity index (χ4v) is 3.86. The molecule has 0 bridgehead atoms. The van der Waals surface area contributed by atoms with Crippen molar-refractivity contribution in [1.29, 1.82) is 0 Å². The van der Waals surface area contributed by atoms with Gasteiger partial charge in [0, 0.05) is 17.8 Å². The van der Waals surface area contributed by atoms with E-state index in [1.165, 1.54) is 0 Å². The number of carbonyl (C=O) groups is 1. The van der Waals surface area contributed by atoms with Crippen LogP contribution in [0.5, 0.6) is 5.75 Å². The van der Waals surface area contributed by atoms with Gasteiger partial charge in [0.15, 0.2) is 0 Å². The summed E-state index contributed by atoms with van der Waals surface area (Å²) in [6.07, 6.45) is 4.46. The molecule has 0 aliphatic carbocycles. The van der Waals surface area contributed by atoms with Gasteiger partial charge in [0.2, 0.25) is 5.91 Å². The molecule has 2 aromatic rings. The Morgan fingerprint density at radius 1 is 1.29 bits per heavy atom. The third kappa shape index (κ3) is 2.86. The monoisotopic (exact) mass is 342 g/mol. The molecule has 1 fully saturated rings. The van der Waals surface area contributed by atoms with Crippen LogP contribution in [0.3, 0.4) is 0 Å². The SMILES string of the molecule is O=C([C@@H]1COc2ccc(Cl)cc2C1)N1CCC[C@@H]1c1ccccn1. The molecule has 0 N–H and O–H groups in total. The summed E-state index contributed by atoms with van der Waals surface area (Å²) >= 11 is 6.08. The number of nitrogens with zero attached hydrogens (tertiary/aromatic N) is 2. The third-order valence-corrected chi connectivity index (χ3v) is 5.08. The zero-order chi connectivity index (χ0) is 16.5. The highest BCUT2D eigenvalue weighted by molar-refractivity contribution is 6.30. The smallest absolute Gasteiger partial charge is 0.230 e. The molecular formula is C19H19ClN2O2. The van der Waals surface area contributed by atoms with Crippen molar-refractivity contribution < 1.29 is 9.53 Å². The Morgan fingerprint density at radius 2 is 2.21 bits per heavy atom.